The van der Waals surface area contributed by atoms with E-state index in [0.717, 1.165) is 11.8 Å². The van der Waals surface area contributed by atoms with Gasteiger partial charge in [-0.3, -0.25) is 4.90 Å². The van der Waals surface area contributed by atoms with Gasteiger partial charge in [0, 0.05) is 45.3 Å². The van der Waals surface area contributed by atoms with Crippen molar-refractivity contribution in [3.63, 3.8) is 0 Å². The Morgan fingerprint density at radius 3 is 2.15 bits per heavy atom. The van der Waals surface area contributed by atoms with Crippen molar-refractivity contribution in [2.24, 2.45) is 22.7 Å². The number of hydrogen-bond donors (Lipinski definition) is 1. The molecule has 3 heteroatoms. The van der Waals surface area contributed by atoms with E-state index in [1.807, 2.05) is 0 Å². The van der Waals surface area contributed by atoms with Gasteiger partial charge in [-0.05, 0) is 81.6 Å². The molecule has 0 amide bonds. The number of piperazine rings is 1. The van der Waals surface area contributed by atoms with Gasteiger partial charge in [-0.15, -0.1) is 0 Å². The van der Waals surface area contributed by atoms with Crippen molar-refractivity contribution in [2.45, 2.75) is 85.6 Å². The van der Waals surface area contributed by atoms with E-state index in [4.69, 9.17) is 0 Å². The first-order valence-corrected chi connectivity index (χ1v) is 12.0. The lowest BCUT2D eigenvalue weighted by atomic mass is 9.59. The van der Waals surface area contributed by atoms with Crippen LogP contribution in [0.4, 0.5) is 0 Å². The fourth-order valence-electron chi connectivity index (χ4n) is 5.99. The van der Waals surface area contributed by atoms with Gasteiger partial charge in [-0.2, -0.15) is 0 Å². The van der Waals surface area contributed by atoms with E-state index < -0.39 is 0 Å². The molecule has 3 rings (SSSR count). The largest absolute Gasteiger partial charge is 0.316 e. The Morgan fingerprint density at radius 2 is 1.63 bits per heavy atom. The molecule has 0 aromatic rings. The average Bonchev–Trinajstić information content (AvgIpc) is 3.35. The van der Waals surface area contributed by atoms with Crippen LogP contribution in [0.1, 0.15) is 79.6 Å². The van der Waals surface area contributed by atoms with Gasteiger partial charge in [-0.1, -0.05) is 27.2 Å². The van der Waals surface area contributed by atoms with Crippen molar-refractivity contribution in [3.05, 3.63) is 0 Å². The summed E-state index contributed by atoms with van der Waals surface area (Å²) in [4.78, 5) is 5.37. The minimum atomic E-state index is 0.659. The summed E-state index contributed by atoms with van der Waals surface area (Å²) in [7, 11) is 0. The second-order valence-corrected chi connectivity index (χ2v) is 11.1. The summed E-state index contributed by atoms with van der Waals surface area (Å²) < 4.78 is 0. The van der Waals surface area contributed by atoms with Crippen LogP contribution < -0.4 is 5.32 Å². The standard InChI is InChI=1S/C24H47N3/c1-6-23(9-10-25-19-24(7-8-24)15-20(2)3)16-22(17-23)18-26-11-13-27(14-12-26)21(4)5/h20-22,25H,6-19H2,1-5H3. The second-order valence-electron chi connectivity index (χ2n) is 11.1. The third-order valence-electron chi connectivity index (χ3n) is 7.98. The monoisotopic (exact) mass is 377 g/mol. The van der Waals surface area contributed by atoms with E-state index in [-0.39, 0.29) is 0 Å². The van der Waals surface area contributed by atoms with Crippen LogP contribution in [0.15, 0.2) is 0 Å². The fourth-order valence-corrected chi connectivity index (χ4v) is 5.99. The highest BCUT2D eigenvalue weighted by atomic mass is 15.3. The van der Waals surface area contributed by atoms with Gasteiger partial charge in [0.15, 0.2) is 0 Å². The molecule has 0 bridgehead atoms. The first-order chi connectivity index (χ1) is 12.9. The SMILES string of the molecule is CCC1(CCNCC2(CC(C)C)CC2)CC(CN2CCN(C(C)C)CC2)C1. The van der Waals surface area contributed by atoms with Crippen molar-refractivity contribution in [2.75, 3.05) is 45.8 Å². The van der Waals surface area contributed by atoms with E-state index in [0.29, 0.717) is 16.9 Å². The maximum absolute atomic E-state index is 3.85. The maximum Gasteiger partial charge on any atom is 0.0113 e. The van der Waals surface area contributed by atoms with E-state index in [2.05, 4.69) is 49.7 Å². The van der Waals surface area contributed by atoms with Crippen LogP contribution in [0, 0.1) is 22.7 Å². The van der Waals surface area contributed by atoms with Gasteiger partial charge < -0.3 is 10.2 Å². The predicted molar refractivity (Wildman–Crippen MR) is 117 cm³/mol. The van der Waals surface area contributed by atoms with Crippen LogP contribution in [0.5, 0.6) is 0 Å². The fraction of sp³-hybridized carbons (Fsp3) is 1.00. The summed E-state index contributed by atoms with van der Waals surface area (Å²) in [6.45, 7) is 20.8. The molecule has 3 fully saturated rings. The van der Waals surface area contributed by atoms with Crippen LogP contribution in [-0.2, 0) is 0 Å². The van der Waals surface area contributed by atoms with Crippen molar-refractivity contribution in [3.8, 4) is 0 Å². The summed E-state index contributed by atoms with van der Waals surface area (Å²) in [6, 6.07) is 0.714. The first kappa shape index (κ1) is 21.6. The van der Waals surface area contributed by atoms with Gasteiger partial charge in [0.2, 0.25) is 0 Å². The van der Waals surface area contributed by atoms with Gasteiger partial charge in [0.25, 0.3) is 0 Å². The van der Waals surface area contributed by atoms with E-state index >= 15 is 0 Å². The molecule has 0 aromatic heterocycles. The van der Waals surface area contributed by atoms with E-state index in [1.165, 1.54) is 90.8 Å². The predicted octanol–water partition coefficient (Wildman–Crippen LogP) is 4.62. The molecule has 1 N–H and O–H groups in total. The van der Waals surface area contributed by atoms with Crippen LogP contribution in [0.2, 0.25) is 0 Å². The normalized spacial score (nSPS) is 31.4. The zero-order valence-electron chi connectivity index (χ0n) is 19.0. The van der Waals surface area contributed by atoms with Crippen molar-refractivity contribution in [1.29, 1.82) is 0 Å². The molecule has 3 aliphatic rings. The van der Waals surface area contributed by atoms with Crippen LogP contribution in [0.3, 0.4) is 0 Å². The molecule has 0 atom stereocenters. The third-order valence-corrected chi connectivity index (χ3v) is 7.98. The molecule has 1 aliphatic heterocycles. The minimum absolute atomic E-state index is 0.659. The lowest BCUT2D eigenvalue weighted by molar-refractivity contribution is 0.00451. The second kappa shape index (κ2) is 9.13. The Morgan fingerprint density at radius 1 is 0.963 bits per heavy atom. The minimum Gasteiger partial charge on any atom is -0.316 e. The molecular formula is C24H47N3. The Bertz CT molecular complexity index is 441. The average molecular weight is 378 g/mol. The highest BCUT2D eigenvalue weighted by molar-refractivity contribution is 4.97. The Hall–Kier alpha value is -0.120. The van der Waals surface area contributed by atoms with Crippen LogP contribution in [-0.4, -0.2) is 61.7 Å². The zero-order valence-corrected chi connectivity index (χ0v) is 19.0. The smallest absolute Gasteiger partial charge is 0.0113 e. The molecule has 2 saturated carbocycles. The number of nitrogens with zero attached hydrogens (tertiary/aromatic N) is 2. The van der Waals surface area contributed by atoms with Crippen LogP contribution in [0.25, 0.3) is 0 Å². The summed E-state index contributed by atoms with van der Waals surface area (Å²) in [6.07, 6.45) is 10.1. The molecule has 3 nitrogen and oxygen atoms in total. The van der Waals surface area contributed by atoms with E-state index in [9.17, 15) is 0 Å². The molecule has 27 heavy (non-hydrogen) atoms. The molecular weight excluding hydrogens is 330 g/mol. The Balaban J connectivity index is 1.30. The van der Waals surface area contributed by atoms with Gasteiger partial charge in [0.1, 0.15) is 0 Å². The lowest BCUT2D eigenvalue weighted by Gasteiger charge is -2.50. The summed E-state index contributed by atoms with van der Waals surface area (Å²) in [5.41, 5.74) is 1.33. The molecule has 0 aromatic carbocycles. The topological polar surface area (TPSA) is 18.5 Å². The Labute approximate surface area is 169 Å². The van der Waals surface area contributed by atoms with Crippen molar-refractivity contribution in [1.82, 2.24) is 15.1 Å². The van der Waals surface area contributed by atoms with Crippen molar-refractivity contribution >= 4 is 0 Å². The molecule has 0 radical (unpaired) electrons. The summed E-state index contributed by atoms with van der Waals surface area (Å²) >= 11 is 0. The molecule has 2 aliphatic carbocycles. The van der Waals surface area contributed by atoms with E-state index in [1.54, 1.807) is 0 Å². The number of nitrogens with one attached hydrogen (secondary N) is 1. The maximum atomic E-state index is 3.85. The summed E-state index contributed by atoms with van der Waals surface area (Å²) in [5.74, 6) is 1.82. The van der Waals surface area contributed by atoms with Gasteiger partial charge in [-0.25, -0.2) is 0 Å². The Kier molecular flexibility index (Phi) is 7.30. The number of rotatable bonds is 11. The molecule has 1 heterocycles. The van der Waals surface area contributed by atoms with Gasteiger partial charge >= 0.3 is 0 Å². The first-order valence-electron chi connectivity index (χ1n) is 12.0. The highest BCUT2D eigenvalue weighted by Crippen LogP contribution is 2.52. The molecule has 158 valence electrons. The quantitative estimate of drug-likeness (QED) is 0.530. The zero-order chi connectivity index (χ0) is 19.5. The number of hydrogen-bond acceptors (Lipinski definition) is 3. The third kappa shape index (κ3) is 5.93. The lowest BCUT2D eigenvalue weighted by Crippen LogP contribution is -2.52. The molecule has 1 saturated heterocycles. The molecule has 0 unspecified atom stereocenters. The van der Waals surface area contributed by atoms with Crippen LogP contribution >= 0.6 is 0 Å². The summed E-state index contributed by atoms with van der Waals surface area (Å²) in [5, 5.41) is 3.85. The molecule has 0 spiro atoms. The highest BCUT2D eigenvalue weighted by Gasteiger charge is 2.44. The van der Waals surface area contributed by atoms with Gasteiger partial charge in [0.05, 0.1) is 0 Å². The van der Waals surface area contributed by atoms with Crippen molar-refractivity contribution < 1.29 is 0 Å².